The molecule has 11 heavy (non-hydrogen) atoms. The average Bonchev–Trinajstić information content (AvgIpc) is 2.37. The van der Waals surface area contributed by atoms with Crippen LogP contribution in [0.15, 0.2) is 0 Å². The van der Waals surface area contributed by atoms with Gasteiger partial charge >= 0.3 is 0 Å². The number of thioether (sulfide) groups is 1. The predicted octanol–water partition coefficient (Wildman–Crippen LogP) is 1.94. The maximum absolute atomic E-state index is 10.3. The van der Waals surface area contributed by atoms with E-state index in [0.29, 0.717) is 5.25 Å². The van der Waals surface area contributed by atoms with E-state index in [1.165, 1.54) is 0 Å². The number of nitrogens with zero attached hydrogens (tertiary/aromatic N) is 1. The molecule has 2 atom stereocenters. The number of hydrogen-bond donors (Lipinski definition) is 0. The molecule has 0 aliphatic heterocycles. The Labute approximate surface area is 70.7 Å². The van der Waals surface area contributed by atoms with Gasteiger partial charge in [0.2, 0.25) is 6.04 Å². The maximum Gasteiger partial charge on any atom is 0.214 e. The van der Waals surface area contributed by atoms with Crippen LogP contribution in [0.25, 0.3) is 0 Å². The smallest absolute Gasteiger partial charge is 0.214 e. The van der Waals surface area contributed by atoms with E-state index in [1.807, 2.05) is 11.8 Å². The monoisotopic (exact) mass is 175 g/mol. The molecule has 0 aromatic rings. The zero-order chi connectivity index (χ0) is 8.27. The molecular weight excluding hydrogens is 162 g/mol. The summed E-state index contributed by atoms with van der Waals surface area (Å²) in [5.74, 6) is 1.08. The Hall–Kier alpha value is -0.250. The van der Waals surface area contributed by atoms with Crippen molar-refractivity contribution in [2.24, 2.45) is 0 Å². The van der Waals surface area contributed by atoms with Crippen molar-refractivity contribution in [1.29, 1.82) is 0 Å². The van der Waals surface area contributed by atoms with Crippen LogP contribution in [-0.2, 0) is 0 Å². The minimum atomic E-state index is -0.251. The van der Waals surface area contributed by atoms with E-state index in [2.05, 4.69) is 6.92 Å². The van der Waals surface area contributed by atoms with Crippen LogP contribution in [-0.4, -0.2) is 22.0 Å². The third kappa shape index (κ3) is 2.36. The van der Waals surface area contributed by atoms with Gasteiger partial charge in [0.05, 0.1) is 0 Å². The molecule has 4 heteroatoms. The molecule has 0 aromatic carbocycles. The summed E-state index contributed by atoms with van der Waals surface area (Å²) in [6, 6.07) is -0.251. The first-order valence-electron chi connectivity index (χ1n) is 3.99. The zero-order valence-electron chi connectivity index (χ0n) is 6.66. The topological polar surface area (TPSA) is 43.1 Å². The first-order valence-corrected chi connectivity index (χ1v) is 5.04. The normalized spacial score (nSPS) is 30.6. The van der Waals surface area contributed by atoms with E-state index in [4.69, 9.17) is 0 Å². The lowest BCUT2D eigenvalue weighted by Gasteiger charge is -2.04. The Morgan fingerprint density at radius 2 is 2.36 bits per heavy atom. The summed E-state index contributed by atoms with van der Waals surface area (Å²) in [5.41, 5.74) is 0. The van der Waals surface area contributed by atoms with E-state index in [0.717, 1.165) is 25.0 Å². The fourth-order valence-corrected chi connectivity index (χ4v) is 2.63. The van der Waals surface area contributed by atoms with Gasteiger partial charge in [0, 0.05) is 23.0 Å². The molecule has 0 heterocycles. The van der Waals surface area contributed by atoms with Gasteiger partial charge in [0.1, 0.15) is 0 Å². The van der Waals surface area contributed by atoms with Gasteiger partial charge in [0.25, 0.3) is 0 Å². The summed E-state index contributed by atoms with van der Waals surface area (Å²) in [6.07, 6.45) is 2.60. The molecule has 0 spiro atoms. The van der Waals surface area contributed by atoms with Crippen molar-refractivity contribution >= 4 is 11.8 Å². The van der Waals surface area contributed by atoms with Crippen LogP contribution in [0.1, 0.15) is 26.2 Å². The Bertz CT molecular complexity index is 151. The lowest BCUT2D eigenvalue weighted by Crippen LogP contribution is -2.15. The summed E-state index contributed by atoms with van der Waals surface area (Å²) < 4.78 is 0. The average molecular weight is 175 g/mol. The highest BCUT2D eigenvalue weighted by atomic mass is 32.2. The van der Waals surface area contributed by atoms with Gasteiger partial charge in [-0.15, -0.1) is 0 Å². The number of nitro groups is 1. The van der Waals surface area contributed by atoms with Gasteiger partial charge in [0.15, 0.2) is 0 Å². The molecule has 1 rings (SSSR count). The molecule has 1 aliphatic carbocycles. The lowest BCUT2D eigenvalue weighted by molar-refractivity contribution is -0.520. The van der Waals surface area contributed by atoms with Crippen molar-refractivity contribution in [1.82, 2.24) is 0 Å². The van der Waals surface area contributed by atoms with Crippen LogP contribution in [0.4, 0.5) is 0 Å². The maximum atomic E-state index is 10.3. The Morgan fingerprint density at radius 3 is 2.82 bits per heavy atom. The van der Waals surface area contributed by atoms with Crippen molar-refractivity contribution in [3.63, 3.8) is 0 Å². The van der Waals surface area contributed by atoms with Crippen LogP contribution in [0.5, 0.6) is 0 Å². The third-order valence-corrected chi connectivity index (χ3v) is 3.29. The molecule has 0 N–H and O–H groups in total. The highest BCUT2D eigenvalue weighted by Gasteiger charge is 2.32. The van der Waals surface area contributed by atoms with Crippen LogP contribution >= 0.6 is 11.8 Å². The standard InChI is InChI=1S/C7H13NO2S/c1-2-11-7-4-3-6(5-7)8(9)10/h6-7H,2-5H2,1H3. The molecule has 0 saturated heterocycles. The van der Waals surface area contributed by atoms with E-state index in [-0.39, 0.29) is 11.0 Å². The fourth-order valence-electron chi connectivity index (χ4n) is 1.50. The molecule has 64 valence electrons. The molecule has 1 saturated carbocycles. The second-order valence-corrected chi connectivity index (χ2v) is 4.41. The van der Waals surface area contributed by atoms with Crippen molar-refractivity contribution in [2.45, 2.75) is 37.5 Å². The largest absolute Gasteiger partial charge is 0.264 e. The molecule has 1 aliphatic rings. The summed E-state index contributed by atoms with van der Waals surface area (Å²) >= 11 is 1.86. The SMILES string of the molecule is CCSC1CCC([N+](=O)[O-])C1. The first-order chi connectivity index (χ1) is 5.24. The zero-order valence-corrected chi connectivity index (χ0v) is 7.47. The predicted molar refractivity (Wildman–Crippen MR) is 46.6 cm³/mol. The number of rotatable bonds is 3. The van der Waals surface area contributed by atoms with Crippen LogP contribution in [0, 0.1) is 10.1 Å². The van der Waals surface area contributed by atoms with E-state index in [1.54, 1.807) is 0 Å². The molecule has 0 radical (unpaired) electrons. The molecule has 3 nitrogen and oxygen atoms in total. The molecular formula is C7H13NO2S. The number of hydrogen-bond acceptors (Lipinski definition) is 3. The Morgan fingerprint density at radius 1 is 1.64 bits per heavy atom. The highest BCUT2D eigenvalue weighted by Crippen LogP contribution is 2.30. The lowest BCUT2D eigenvalue weighted by atomic mass is 10.3. The van der Waals surface area contributed by atoms with Crippen molar-refractivity contribution in [3.05, 3.63) is 10.1 Å². The van der Waals surface area contributed by atoms with Gasteiger partial charge in [-0.3, -0.25) is 10.1 Å². The molecule has 1 fully saturated rings. The Kier molecular flexibility index (Phi) is 3.17. The van der Waals surface area contributed by atoms with Gasteiger partial charge < -0.3 is 0 Å². The van der Waals surface area contributed by atoms with Gasteiger partial charge in [-0.2, -0.15) is 11.8 Å². The fraction of sp³-hybridized carbons (Fsp3) is 1.00. The molecule has 0 bridgehead atoms. The van der Waals surface area contributed by atoms with E-state index < -0.39 is 0 Å². The summed E-state index contributed by atoms with van der Waals surface area (Å²) in [5, 5.41) is 10.9. The first kappa shape index (κ1) is 8.84. The van der Waals surface area contributed by atoms with Crippen molar-refractivity contribution in [2.75, 3.05) is 5.75 Å². The van der Waals surface area contributed by atoms with Gasteiger partial charge in [-0.25, -0.2) is 0 Å². The minimum absolute atomic E-state index is 0.129. The van der Waals surface area contributed by atoms with Crippen LogP contribution < -0.4 is 0 Å². The second-order valence-electron chi connectivity index (χ2n) is 2.83. The second kappa shape index (κ2) is 3.95. The molecule has 0 amide bonds. The molecule has 0 aromatic heterocycles. The summed E-state index contributed by atoms with van der Waals surface area (Å²) in [6.45, 7) is 2.10. The van der Waals surface area contributed by atoms with E-state index in [9.17, 15) is 10.1 Å². The molecule has 2 unspecified atom stereocenters. The summed E-state index contributed by atoms with van der Waals surface area (Å²) in [7, 11) is 0. The van der Waals surface area contributed by atoms with Gasteiger partial charge in [-0.1, -0.05) is 6.92 Å². The van der Waals surface area contributed by atoms with Gasteiger partial charge in [-0.05, 0) is 12.2 Å². The Balaban J connectivity index is 2.29. The summed E-state index contributed by atoms with van der Waals surface area (Å²) in [4.78, 5) is 10.2. The van der Waals surface area contributed by atoms with Crippen LogP contribution in [0.3, 0.4) is 0 Å². The third-order valence-electron chi connectivity index (χ3n) is 2.06. The quantitative estimate of drug-likeness (QED) is 0.486. The van der Waals surface area contributed by atoms with Crippen LogP contribution in [0.2, 0.25) is 0 Å². The van der Waals surface area contributed by atoms with Crippen molar-refractivity contribution in [3.8, 4) is 0 Å². The van der Waals surface area contributed by atoms with Crippen molar-refractivity contribution < 1.29 is 4.92 Å². The highest BCUT2D eigenvalue weighted by molar-refractivity contribution is 7.99. The minimum Gasteiger partial charge on any atom is -0.264 e. The van der Waals surface area contributed by atoms with E-state index >= 15 is 0 Å².